The van der Waals surface area contributed by atoms with E-state index in [1.54, 1.807) is 0 Å². The molecule has 70 valence electrons. The summed E-state index contributed by atoms with van der Waals surface area (Å²) in [4.78, 5) is 0. The number of hydrogen-bond acceptors (Lipinski definition) is 5. The van der Waals surface area contributed by atoms with Gasteiger partial charge in [-0.2, -0.15) is 0 Å². The van der Waals surface area contributed by atoms with Crippen LogP contribution in [-0.4, -0.2) is 13.1 Å². The molecule has 1 saturated heterocycles. The fourth-order valence-electron chi connectivity index (χ4n) is 0.802. The van der Waals surface area contributed by atoms with E-state index in [9.17, 15) is 0 Å². The molecule has 1 fully saturated rings. The molecule has 0 aromatic carbocycles. The minimum absolute atomic E-state index is 0. The van der Waals surface area contributed by atoms with E-state index in [-0.39, 0.29) is 27.0 Å². The Morgan fingerprint density at radius 3 is 1.36 bits per heavy atom. The van der Waals surface area contributed by atoms with Gasteiger partial charge < -0.3 is 32.3 Å². The van der Waals surface area contributed by atoms with Crippen molar-refractivity contribution in [2.24, 2.45) is 0 Å². The Hall–Kier alpha value is 1.79. The Bertz CT molecular complexity index is 79.0. The van der Waals surface area contributed by atoms with Crippen molar-refractivity contribution in [1.29, 1.82) is 0 Å². The second-order valence-electron chi connectivity index (χ2n) is 1.88. The van der Waals surface area contributed by atoms with Crippen molar-refractivity contribution in [3.8, 4) is 0 Å². The van der Waals surface area contributed by atoms with Gasteiger partial charge in [-0.1, -0.05) is 6.42 Å². The number of nitrogens with one attached hydrogen (secondary N) is 1. The van der Waals surface area contributed by atoms with Crippen LogP contribution in [0.25, 0.3) is 0 Å². The van der Waals surface area contributed by atoms with E-state index in [0.717, 1.165) is 0 Å². The Morgan fingerprint density at radius 1 is 0.909 bits per heavy atom. The third kappa shape index (κ3) is 18.6. The van der Waals surface area contributed by atoms with Crippen molar-refractivity contribution in [3.63, 3.8) is 0 Å². The van der Waals surface area contributed by atoms with Gasteiger partial charge in [0.15, 0.2) is 0 Å². The normalized spacial score (nSPS) is 14.2. The SMILES string of the molecule is C1CCNCC1.[SH-].[SH-].[S]=[W]=[S]. The molecule has 1 aliphatic heterocycles. The molecule has 1 N–H and O–H groups in total. The predicted molar refractivity (Wildman–Crippen MR) is 59.4 cm³/mol. The van der Waals surface area contributed by atoms with Crippen LogP contribution < -0.4 is 5.32 Å². The summed E-state index contributed by atoms with van der Waals surface area (Å²) >= 11 is -0.583. The number of piperidine rings is 1. The van der Waals surface area contributed by atoms with Gasteiger partial charge in [0.25, 0.3) is 0 Å². The van der Waals surface area contributed by atoms with E-state index in [1.807, 2.05) is 0 Å². The summed E-state index contributed by atoms with van der Waals surface area (Å²) < 4.78 is 0. The van der Waals surface area contributed by atoms with Gasteiger partial charge in [-0.05, 0) is 25.9 Å². The fourth-order valence-corrected chi connectivity index (χ4v) is 0.802. The Balaban J connectivity index is -0.000000116. The van der Waals surface area contributed by atoms with Gasteiger partial charge in [0.2, 0.25) is 0 Å². The topological polar surface area (TPSA) is 12.0 Å². The summed E-state index contributed by atoms with van der Waals surface area (Å²) in [5.74, 6) is 0. The minimum atomic E-state index is -0.583. The number of rotatable bonds is 0. The molecule has 1 heterocycles. The fraction of sp³-hybridized carbons (Fsp3) is 1.00. The molecule has 0 atom stereocenters. The molecule has 0 spiro atoms. The van der Waals surface area contributed by atoms with Crippen molar-refractivity contribution in [2.45, 2.75) is 19.3 Å². The van der Waals surface area contributed by atoms with E-state index < -0.39 is 14.9 Å². The second kappa shape index (κ2) is 17.8. The van der Waals surface area contributed by atoms with E-state index in [1.165, 1.54) is 32.4 Å². The Labute approximate surface area is 98.4 Å². The van der Waals surface area contributed by atoms with Crippen LogP contribution in [0, 0.1) is 0 Å². The molecule has 0 amide bonds. The summed E-state index contributed by atoms with van der Waals surface area (Å²) in [6.07, 6.45) is 4.22. The summed E-state index contributed by atoms with van der Waals surface area (Å²) in [5, 5.41) is 3.28. The van der Waals surface area contributed by atoms with Crippen molar-refractivity contribution < 1.29 is 14.9 Å². The van der Waals surface area contributed by atoms with E-state index >= 15 is 0 Å². The summed E-state index contributed by atoms with van der Waals surface area (Å²) in [6.45, 7) is 2.50. The van der Waals surface area contributed by atoms with E-state index in [0.29, 0.717) is 0 Å². The number of hydrogen-bond donors (Lipinski definition) is 1. The first kappa shape index (κ1) is 18.5. The van der Waals surface area contributed by atoms with Gasteiger partial charge in [-0.15, -0.1) is 0 Å². The molecular weight excluding hydrogens is 386 g/mol. The van der Waals surface area contributed by atoms with E-state index in [4.69, 9.17) is 0 Å². The molecule has 0 saturated carbocycles. The summed E-state index contributed by atoms with van der Waals surface area (Å²) in [5.41, 5.74) is 0. The molecule has 0 aliphatic carbocycles. The summed E-state index contributed by atoms with van der Waals surface area (Å²) in [6, 6.07) is 0. The van der Waals surface area contributed by atoms with Crippen molar-refractivity contribution >= 4 is 46.6 Å². The van der Waals surface area contributed by atoms with Crippen LogP contribution in [0.4, 0.5) is 0 Å². The van der Waals surface area contributed by atoms with Gasteiger partial charge in [0.05, 0.1) is 0 Å². The standard InChI is InChI=1S/C5H11N.2H2S.2S.W/c1-2-4-6-5-3-1;;;;;/h6H,1-5H2;2*1H2;;;/p-2. The first-order chi connectivity index (χ1) is 4.41. The quantitative estimate of drug-likeness (QED) is 0.488. The zero-order chi connectivity index (χ0) is 6.95. The van der Waals surface area contributed by atoms with Crippen LogP contribution in [0.5, 0.6) is 0 Å². The number of thiol groups is 2. The van der Waals surface area contributed by atoms with Crippen molar-refractivity contribution in [2.75, 3.05) is 13.1 Å². The molecule has 1 rings (SSSR count). The van der Waals surface area contributed by atoms with Gasteiger partial charge in [-0.3, -0.25) is 0 Å². The van der Waals surface area contributed by atoms with Crippen LogP contribution in [0.2, 0.25) is 0 Å². The molecule has 6 heteroatoms. The Morgan fingerprint density at radius 2 is 1.27 bits per heavy atom. The van der Waals surface area contributed by atoms with Crippen LogP contribution in [-0.2, 0) is 41.9 Å². The molecular formula is C5H13NS4W-2. The van der Waals surface area contributed by atoms with Gasteiger partial charge in [0.1, 0.15) is 0 Å². The van der Waals surface area contributed by atoms with Crippen LogP contribution >= 0.6 is 19.6 Å². The first-order valence-electron chi connectivity index (χ1n) is 3.04. The maximum atomic E-state index is 4.38. The van der Waals surface area contributed by atoms with E-state index in [2.05, 4.69) is 25.0 Å². The second-order valence-corrected chi connectivity index (χ2v) is 6.82. The molecule has 0 radical (unpaired) electrons. The molecule has 0 bridgehead atoms. The first-order valence-corrected chi connectivity index (χ1v) is 10.9. The third-order valence-electron chi connectivity index (χ3n) is 1.21. The monoisotopic (exact) mass is 399 g/mol. The van der Waals surface area contributed by atoms with Gasteiger partial charge in [-0.25, -0.2) is 0 Å². The summed E-state index contributed by atoms with van der Waals surface area (Å²) in [7, 11) is 8.75. The average Bonchev–Trinajstić information content (AvgIpc) is 1.93. The molecule has 11 heavy (non-hydrogen) atoms. The molecule has 1 nitrogen and oxygen atoms in total. The maximum absolute atomic E-state index is 4.38. The Kier molecular flexibility index (Phi) is 30.0. The average molecular weight is 399 g/mol. The van der Waals surface area contributed by atoms with Crippen LogP contribution in [0.3, 0.4) is 0 Å². The molecule has 0 aromatic rings. The van der Waals surface area contributed by atoms with Crippen LogP contribution in [0.15, 0.2) is 0 Å². The van der Waals surface area contributed by atoms with Crippen molar-refractivity contribution in [1.82, 2.24) is 5.32 Å². The molecule has 0 aromatic heterocycles. The predicted octanol–water partition coefficient (Wildman–Crippen LogP) is 1.51. The van der Waals surface area contributed by atoms with Gasteiger partial charge in [0, 0.05) is 0 Å². The van der Waals surface area contributed by atoms with Gasteiger partial charge >= 0.3 is 34.6 Å². The van der Waals surface area contributed by atoms with Crippen LogP contribution in [0.1, 0.15) is 19.3 Å². The molecule has 1 aliphatic rings. The molecule has 0 unspecified atom stereocenters. The van der Waals surface area contributed by atoms with Crippen molar-refractivity contribution in [3.05, 3.63) is 0 Å². The third-order valence-corrected chi connectivity index (χ3v) is 1.21. The zero-order valence-electron chi connectivity index (χ0n) is 6.15. The zero-order valence-corrected chi connectivity index (χ0v) is 12.5.